The molecular weight excluding hydrogens is 408 g/mol. The van der Waals surface area contributed by atoms with Crippen LogP contribution in [0.1, 0.15) is 57.9 Å². The lowest BCUT2D eigenvalue weighted by atomic mass is 9.42. The Hall–Kier alpha value is -1.33. The van der Waals surface area contributed by atoms with Crippen molar-refractivity contribution in [1.29, 1.82) is 0 Å². The Bertz CT molecular complexity index is 1150. The van der Waals surface area contributed by atoms with Crippen LogP contribution < -0.4 is 0 Å². The maximum absolute atomic E-state index is 13.2. The molecule has 7 atom stereocenters. The number of epoxide rings is 1. The third-order valence-corrected chi connectivity index (χ3v) is 10.4. The van der Waals surface area contributed by atoms with Gasteiger partial charge in [0.1, 0.15) is 0 Å². The number of nitrogens with one attached hydrogen (secondary N) is 1. The van der Waals surface area contributed by atoms with E-state index in [9.17, 15) is 5.11 Å². The van der Waals surface area contributed by atoms with E-state index in [0.29, 0.717) is 6.42 Å². The van der Waals surface area contributed by atoms with Crippen LogP contribution in [0.2, 0.25) is 0 Å². The summed E-state index contributed by atoms with van der Waals surface area (Å²) in [5, 5.41) is 19.2. The first-order valence-corrected chi connectivity index (χ1v) is 11.8. The lowest BCUT2D eigenvalue weighted by Crippen LogP contribution is -2.74. The minimum Gasteiger partial charge on any atom is -0.654 e. The van der Waals surface area contributed by atoms with E-state index < -0.39 is 16.6 Å². The Morgan fingerprint density at radius 3 is 2.55 bits per heavy atom. The molecule has 0 amide bonds. The van der Waals surface area contributed by atoms with E-state index in [2.05, 4.69) is 64.4 Å². The minimum absolute atomic E-state index is 0.0522. The van der Waals surface area contributed by atoms with Gasteiger partial charge in [-0.3, -0.25) is 0 Å². The zero-order chi connectivity index (χ0) is 22.4. The highest BCUT2D eigenvalue weighted by Crippen LogP contribution is 2.74. The second-order valence-electron chi connectivity index (χ2n) is 11.5. The zero-order valence-electron chi connectivity index (χ0n) is 19.2. The molecule has 31 heavy (non-hydrogen) atoms. The molecule has 2 fully saturated rings. The predicted molar refractivity (Wildman–Crippen MR) is 125 cm³/mol. The highest BCUT2D eigenvalue weighted by Gasteiger charge is 2.77. The fourth-order valence-electron chi connectivity index (χ4n) is 8.02. The normalized spacial score (nSPS) is 45.7. The molecule has 166 valence electrons. The van der Waals surface area contributed by atoms with E-state index in [1.165, 1.54) is 5.56 Å². The van der Waals surface area contributed by atoms with Crippen LogP contribution in [0.3, 0.4) is 0 Å². The summed E-state index contributed by atoms with van der Waals surface area (Å²) in [6.45, 7) is 15.3. The van der Waals surface area contributed by atoms with Crippen LogP contribution in [0.15, 0.2) is 30.9 Å². The fraction of sp³-hybridized carbons (Fsp3) is 0.615. The van der Waals surface area contributed by atoms with Gasteiger partial charge in [0.2, 0.25) is 0 Å². The number of aromatic nitrogens is 1. The molecule has 0 spiro atoms. The average molecular weight is 440 g/mol. The van der Waals surface area contributed by atoms with E-state index in [1.54, 1.807) is 0 Å². The molecule has 5 heteroatoms. The van der Waals surface area contributed by atoms with Gasteiger partial charge < -0.3 is 20.1 Å². The molecule has 2 N–H and O–H groups in total. The molecule has 1 saturated heterocycles. The van der Waals surface area contributed by atoms with Crippen molar-refractivity contribution in [2.24, 2.45) is 11.3 Å². The molecule has 6 rings (SSSR count). The molecular formula is C26H32ClN2O2-. The zero-order valence-corrected chi connectivity index (χ0v) is 20.0. The molecule has 2 heterocycles. The summed E-state index contributed by atoms with van der Waals surface area (Å²) in [5.41, 5.74) is 1.09. The van der Waals surface area contributed by atoms with Gasteiger partial charge in [-0.15, -0.1) is 18.2 Å². The summed E-state index contributed by atoms with van der Waals surface area (Å²) in [4.78, 5) is 3.72. The predicted octanol–water partition coefficient (Wildman–Crippen LogP) is 5.27. The number of fused-ring (bicyclic) bond motifs is 2. The van der Waals surface area contributed by atoms with Crippen molar-refractivity contribution in [3.05, 3.63) is 53.0 Å². The highest BCUT2D eigenvalue weighted by molar-refractivity contribution is 6.21. The summed E-state index contributed by atoms with van der Waals surface area (Å²) in [5.74, 6) is -0.106. The van der Waals surface area contributed by atoms with E-state index in [1.807, 2.05) is 13.1 Å². The van der Waals surface area contributed by atoms with Crippen LogP contribution in [0.25, 0.3) is 16.2 Å². The number of benzene rings is 1. The molecule has 4 nitrogen and oxygen atoms in total. The van der Waals surface area contributed by atoms with E-state index in [0.717, 1.165) is 22.2 Å². The Labute approximate surface area is 189 Å². The van der Waals surface area contributed by atoms with Gasteiger partial charge >= 0.3 is 0 Å². The highest BCUT2D eigenvalue weighted by atomic mass is 35.5. The Kier molecular flexibility index (Phi) is 3.54. The SMILES string of the molecule is C=C[C@@]1(C)[C@@H](Cl)C[C@H]2C(C)(C)c3cccc4[nH]c5c(c34)[C@]2(O)[C@@]1([N-]C)[C@@H]1O[C@H]1C5(C)C. The van der Waals surface area contributed by atoms with Gasteiger partial charge in [0.05, 0.1) is 17.8 Å². The quantitative estimate of drug-likeness (QED) is 0.380. The van der Waals surface area contributed by atoms with E-state index >= 15 is 0 Å². The molecule has 4 aliphatic rings. The summed E-state index contributed by atoms with van der Waals surface area (Å²) >= 11 is 7.20. The van der Waals surface area contributed by atoms with Gasteiger partial charge in [-0.05, 0) is 34.4 Å². The maximum atomic E-state index is 13.2. The van der Waals surface area contributed by atoms with Crippen LogP contribution in [0, 0.1) is 11.3 Å². The van der Waals surface area contributed by atoms with Crippen LogP contribution in [-0.4, -0.2) is 40.3 Å². The van der Waals surface area contributed by atoms with E-state index in [4.69, 9.17) is 21.7 Å². The number of hydrogen-bond acceptors (Lipinski definition) is 2. The number of halogens is 1. The summed E-state index contributed by atoms with van der Waals surface area (Å²) in [6, 6.07) is 6.47. The molecule has 1 aromatic carbocycles. The second kappa shape index (κ2) is 5.41. The van der Waals surface area contributed by atoms with E-state index in [-0.39, 0.29) is 34.3 Å². The average Bonchev–Trinajstić information content (AvgIpc) is 3.43. The number of H-pyrrole nitrogens is 1. The number of hydrogen-bond donors (Lipinski definition) is 2. The second-order valence-corrected chi connectivity index (χ2v) is 12.0. The molecule has 0 radical (unpaired) electrons. The standard InChI is InChI=1S/C26H32ClN2O2/c1-8-24(6)16(27)12-15-22(2,3)13-10-9-11-14-17(13)18-19(29-14)23(4,5)20-21(31-20)26(24,28-7)25(15,18)30/h8-11,15-16,20-21,29-30H,1,12H2,2-7H3/q-1/t15-,16-,20+,21+,24-,25-,26+/m0/s1. The van der Waals surface area contributed by atoms with Crippen molar-refractivity contribution >= 4 is 22.5 Å². The molecule has 3 aliphatic carbocycles. The van der Waals surface area contributed by atoms with Crippen LogP contribution in [0.5, 0.6) is 0 Å². The number of likely N-dealkylation sites (N-methyl/N-ethyl adjacent to an activating group) is 1. The monoisotopic (exact) mass is 439 g/mol. The smallest absolute Gasteiger partial charge is 0.0936 e. The van der Waals surface area contributed by atoms with Gasteiger partial charge in [-0.1, -0.05) is 52.8 Å². The van der Waals surface area contributed by atoms with Crippen LogP contribution in [0.4, 0.5) is 0 Å². The first-order chi connectivity index (χ1) is 14.4. The Balaban J connectivity index is 1.86. The van der Waals surface area contributed by atoms with Crippen molar-refractivity contribution in [3.63, 3.8) is 0 Å². The lowest BCUT2D eigenvalue weighted by molar-refractivity contribution is -0.168. The summed E-state index contributed by atoms with van der Waals surface area (Å²) < 4.78 is 6.46. The molecule has 1 aromatic heterocycles. The van der Waals surface area contributed by atoms with Crippen LogP contribution >= 0.6 is 11.6 Å². The molecule has 2 aromatic rings. The molecule has 0 bridgehead atoms. The first-order valence-electron chi connectivity index (χ1n) is 11.4. The number of aromatic amines is 1. The minimum atomic E-state index is -1.23. The Morgan fingerprint density at radius 1 is 1.19 bits per heavy atom. The van der Waals surface area contributed by atoms with Gasteiger partial charge in [0, 0.05) is 38.9 Å². The van der Waals surface area contributed by atoms with Crippen molar-refractivity contribution in [2.75, 3.05) is 7.05 Å². The lowest BCUT2D eigenvalue weighted by Gasteiger charge is -2.73. The summed E-state index contributed by atoms with van der Waals surface area (Å²) in [6.07, 6.45) is 2.34. The van der Waals surface area contributed by atoms with Crippen molar-refractivity contribution in [2.45, 2.75) is 80.6 Å². The topological polar surface area (TPSA) is 62.6 Å². The number of aliphatic hydroxyl groups is 1. The third kappa shape index (κ3) is 1.79. The first kappa shape index (κ1) is 20.3. The fourth-order valence-corrected chi connectivity index (χ4v) is 8.46. The Morgan fingerprint density at radius 2 is 1.90 bits per heavy atom. The number of rotatable bonds is 2. The number of ether oxygens (including phenoxy) is 1. The summed E-state index contributed by atoms with van der Waals surface area (Å²) in [7, 11) is 1.83. The molecule has 1 aliphatic heterocycles. The van der Waals surface area contributed by atoms with Gasteiger partial charge in [-0.25, -0.2) is 0 Å². The van der Waals surface area contributed by atoms with Crippen molar-refractivity contribution in [3.8, 4) is 0 Å². The molecule has 0 unspecified atom stereocenters. The van der Waals surface area contributed by atoms with Gasteiger partial charge in [0.25, 0.3) is 0 Å². The van der Waals surface area contributed by atoms with Crippen molar-refractivity contribution in [1.82, 2.24) is 4.98 Å². The van der Waals surface area contributed by atoms with Gasteiger partial charge in [0.15, 0.2) is 0 Å². The van der Waals surface area contributed by atoms with Crippen LogP contribution in [-0.2, 0) is 21.2 Å². The largest absolute Gasteiger partial charge is 0.654 e. The maximum Gasteiger partial charge on any atom is 0.0936 e. The third-order valence-electron chi connectivity index (χ3n) is 9.81. The van der Waals surface area contributed by atoms with Gasteiger partial charge in [-0.2, -0.15) is 7.05 Å². The van der Waals surface area contributed by atoms with Crippen molar-refractivity contribution < 1.29 is 9.84 Å². The molecule has 1 saturated carbocycles. The number of nitrogens with zero attached hydrogens (tertiary/aromatic N) is 1. The number of alkyl halides is 1.